The van der Waals surface area contributed by atoms with Crippen molar-refractivity contribution >= 4 is 5.97 Å². The Kier molecular flexibility index (Phi) is 4.76. The maximum absolute atomic E-state index is 11.1. The summed E-state index contributed by atoms with van der Waals surface area (Å²) < 4.78 is 0. The Morgan fingerprint density at radius 1 is 1.14 bits per heavy atom. The zero-order valence-corrected chi connectivity index (χ0v) is 12.7. The monoisotopic (exact) mass is 283 g/mol. The summed E-state index contributed by atoms with van der Waals surface area (Å²) in [5.74, 6) is -0.816. The van der Waals surface area contributed by atoms with Crippen LogP contribution >= 0.6 is 0 Å². The molecule has 0 saturated carbocycles. The van der Waals surface area contributed by atoms with Gasteiger partial charge < -0.3 is 5.11 Å². The van der Waals surface area contributed by atoms with Crippen molar-refractivity contribution in [1.29, 1.82) is 0 Å². The van der Waals surface area contributed by atoms with Gasteiger partial charge in [0, 0.05) is 0 Å². The zero-order chi connectivity index (χ0) is 15.4. The Morgan fingerprint density at radius 3 is 2.38 bits per heavy atom. The van der Waals surface area contributed by atoms with E-state index in [1.807, 2.05) is 42.3 Å². The van der Waals surface area contributed by atoms with Crippen molar-refractivity contribution in [2.45, 2.75) is 19.9 Å². The number of carboxylic acid groups (broad SMARTS) is 1. The lowest BCUT2D eigenvalue weighted by Crippen LogP contribution is -2.31. The van der Waals surface area contributed by atoms with Crippen LogP contribution in [0.5, 0.6) is 0 Å². The molecule has 0 aliphatic rings. The van der Waals surface area contributed by atoms with Gasteiger partial charge in [-0.3, -0.25) is 9.69 Å². The van der Waals surface area contributed by atoms with E-state index in [9.17, 15) is 4.79 Å². The third-order valence-corrected chi connectivity index (χ3v) is 3.66. The van der Waals surface area contributed by atoms with E-state index in [1.54, 1.807) is 0 Å². The number of hydrogen-bond acceptors (Lipinski definition) is 2. The fraction of sp³-hybridized carbons (Fsp3) is 0.278. The van der Waals surface area contributed by atoms with Crippen LogP contribution in [0.1, 0.15) is 28.3 Å². The van der Waals surface area contributed by atoms with Gasteiger partial charge in [0.2, 0.25) is 0 Å². The van der Waals surface area contributed by atoms with Gasteiger partial charge in [-0.1, -0.05) is 54.1 Å². The van der Waals surface area contributed by atoms with Gasteiger partial charge in [0.15, 0.2) is 0 Å². The normalized spacial score (nSPS) is 12.4. The minimum atomic E-state index is -0.816. The number of likely N-dealkylation sites (N-methyl/N-ethyl adjacent to an activating group) is 1. The average Bonchev–Trinajstić information content (AvgIpc) is 2.42. The molecule has 1 atom stereocenters. The highest BCUT2D eigenvalue weighted by atomic mass is 16.4. The number of aryl methyl sites for hydroxylation is 2. The van der Waals surface area contributed by atoms with E-state index in [2.05, 4.69) is 32.0 Å². The molecule has 0 aliphatic carbocycles. The third kappa shape index (κ3) is 3.70. The Balaban J connectivity index is 2.47. The number of carbonyl (C=O) groups is 1. The van der Waals surface area contributed by atoms with Crippen molar-refractivity contribution < 1.29 is 9.90 Å². The Labute approximate surface area is 125 Å². The first kappa shape index (κ1) is 15.3. The summed E-state index contributed by atoms with van der Waals surface area (Å²) in [4.78, 5) is 12.9. The van der Waals surface area contributed by atoms with E-state index in [0.717, 1.165) is 11.1 Å². The molecule has 2 rings (SSSR count). The lowest BCUT2D eigenvalue weighted by Gasteiger charge is -2.29. The minimum absolute atomic E-state index is 0.00682. The summed E-state index contributed by atoms with van der Waals surface area (Å²) >= 11 is 0. The van der Waals surface area contributed by atoms with E-state index in [0.29, 0.717) is 0 Å². The fourth-order valence-electron chi connectivity index (χ4n) is 2.74. The van der Waals surface area contributed by atoms with Crippen LogP contribution in [-0.2, 0) is 4.79 Å². The first-order valence-electron chi connectivity index (χ1n) is 7.03. The molecule has 0 saturated heterocycles. The number of nitrogens with zero attached hydrogens (tertiary/aromatic N) is 1. The lowest BCUT2D eigenvalue weighted by molar-refractivity contribution is -0.138. The first-order valence-corrected chi connectivity index (χ1v) is 7.03. The van der Waals surface area contributed by atoms with Gasteiger partial charge in [0.1, 0.15) is 0 Å². The summed E-state index contributed by atoms with van der Waals surface area (Å²) in [7, 11) is 1.85. The predicted molar refractivity (Wildman–Crippen MR) is 84.5 cm³/mol. The van der Waals surface area contributed by atoms with Crippen LogP contribution in [-0.4, -0.2) is 29.6 Å². The molecule has 0 bridgehead atoms. The smallest absolute Gasteiger partial charge is 0.317 e. The van der Waals surface area contributed by atoms with Crippen LogP contribution in [0, 0.1) is 13.8 Å². The summed E-state index contributed by atoms with van der Waals surface area (Å²) in [5.41, 5.74) is 4.65. The average molecular weight is 283 g/mol. The molecule has 0 fully saturated rings. The van der Waals surface area contributed by atoms with E-state index in [1.165, 1.54) is 11.1 Å². The van der Waals surface area contributed by atoms with Gasteiger partial charge in [-0.2, -0.15) is 0 Å². The van der Waals surface area contributed by atoms with Crippen LogP contribution in [0.15, 0.2) is 48.5 Å². The summed E-state index contributed by atoms with van der Waals surface area (Å²) in [6.45, 7) is 4.15. The molecule has 2 aromatic rings. The molecule has 110 valence electrons. The largest absolute Gasteiger partial charge is 0.480 e. The van der Waals surface area contributed by atoms with Gasteiger partial charge in [-0.25, -0.2) is 0 Å². The first-order chi connectivity index (χ1) is 9.99. The molecule has 0 heterocycles. The molecular formula is C18H21NO2. The summed E-state index contributed by atoms with van der Waals surface area (Å²) in [6.07, 6.45) is 0. The highest BCUT2D eigenvalue weighted by Crippen LogP contribution is 2.30. The molecule has 0 radical (unpaired) electrons. The van der Waals surface area contributed by atoms with Crippen molar-refractivity contribution in [1.82, 2.24) is 4.90 Å². The van der Waals surface area contributed by atoms with Gasteiger partial charge in [-0.15, -0.1) is 0 Å². The summed E-state index contributed by atoms with van der Waals surface area (Å²) in [6, 6.07) is 16.3. The van der Waals surface area contributed by atoms with Crippen LogP contribution in [0.25, 0.3) is 0 Å². The van der Waals surface area contributed by atoms with Gasteiger partial charge in [-0.05, 0) is 37.6 Å². The number of hydrogen-bond donors (Lipinski definition) is 1. The second-order valence-corrected chi connectivity index (χ2v) is 5.48. The number of aliphatic carboxylic acids is 1. The lowest BCUT2D eigenvalue weighted by atomic mass is 9.93. The Bertz CT molecular complexity index is 622. The van der Waals surface area contributed by atoms with Crippen molar-refractivity contribution in [2.24, 2.45) is 0 Å². The van der Waals surface area contributed by atoms with Crippen LogP contribution in [0.3, 0.4) is 0 Å². The van der Waals surface area contributed by atoms with Crippen LogP contribution in [0.4, 0.5) is 0 Å². The highest BCUT2D eigenvalue weighted by Gasteiger charge is 2.22. The second-order valence-electron chi connectivity index (χ2n) is 5.48. The Hall–Kier alpha value is -2.13. The van der Waals surface area contributed by atoms with Gasteiger partial charge in [0.25, 0.3) is 0 Å². The molecule has 3 heteroatoms. The van der Waals surface area contributed by atoms with Crippen molar-refractivity contribution in [2.75, 3.05) is 13.6 Å². The highest BCUT2D eigenvalue weighted by molar-refractivity contribution is 5.69. The van der Waals surface area contributed by atoms with Gasteiger partial charge >= 0.3 is 5.97 Å². The van der Waals surface area contributed by atoms with Crippen LogP contribution < -0.4 is 0 Å². The number of rotatable bonds is 5. The van der Waals surface area contributed by atoms with E-state index >= 15 is 0 Å². The molecule has 21 heavy (non-hydrogen) atoms. The fourth-order valence-corrected chi connectivity index (χ4v) is 2.74. The summed E-state index contributed by atoms with van der Waals surface area (Å²) in [5, 5.41) is 9.10. The Morgan fingerprint density at radius 2 is 1.81 bits per heavy atom. The zero-order valence-electron chi connectivity index (χ0n) is 12.7. The molecule has 3 nitrogen and oxygen atoms in total. The molecule has 2 aromatic carbocycles. The van der Waals surface area contributed by atoms with Crippen LogP contribution in [0.2, 0.25) is 0 Å². The maximum atomic E-state index is 11.1. The predicted octanol–water partition coefficient (Wildman–Crippen LogP) is 3.41. The van der Waals surface area contributed by atoms with E-state index < -0.39 is 5.97 Å². The molecule has 0 spiro atoms. The SMILES string of the molecule is Cc1ccc(C(c2ccccc2)N(C)CC(=O)O)c(C)c1. The number of carboxylic acids is 1. The quantitative estimate of drug-likeness (QED) is 0.914. The molecule has 0 amide bonds. The van der Waals surface area contributed by atoms with Gasteiger partial charge in [0.05, 0.1) is 12.6 Å². The van der Waals surface area contributed by atoms with E-state index in [4.69, 9.17) is 5.11 Å². The molecule has 1 unspecified atom stereocenters. The number of benzene rings is 2. The standard InChI is InChI=1S/C18H21NO2/c1-13-9-10-16(14(2)11-13)18(19(3)12-17(20)21)15-7-5-4-6-8-15/h4-11,18H,12H2,1-3H3,(H,20,21). The molecular weight excluding hydrogens is 262 g/mol. The van der Waals surface area contributed by atoms with Crippen molar-refractivity contribution in [3.05, 3.63) is 70.8 Å². The molecule has 1 N–H and O–H groups in total. The molecule has 0 aromatic heterocycles. The minimum Gasteiger partial charge on any atom is -0.480 e. The maximum Gasteiger partial charge on any atom is 0.317 e. The van der Waals surface area contributed by atoms with E-state index in [-0.39, 0.29) is 12.6 Å². The topological polar surface area (TPSA) is 40.5 Å². The molecule has 0 aliphatic heterocycles. The second kappa shape index (κ2) is 6.55. The van der Waals surface area contributed by atoms with Crippen molar-refractivity contribution in [3.8, 4) is 0 Å². The third-order valence-electron chi connectivity index (χ3n) is 3.66. The van der Waals surface area contributed by atoms with Crippen molar-refractivity contribution in [3.63, 3.8) is 0 Å².